The predicted molar refractivity (Wildman–Crippen MR) is 149 cm³/mol. The lowest BCUT2D eigenvalue weighted by molar-refractivity contribution is 0.0726. The molecular formula is C33H29F3O4. The molecule has 0 amide bonds. The van der Waals surface area contributed by atoms with Gasteiger partial charge in [0, 0.05) is 17.2 Å². The lowest BCUT2D eigenvalue weighted by Crippen LogP contribution is -2.10. The molecule has 206 valence electrons. The van der Waals surface area contributed by atoms with E-state index in [-0.39, 0.29) is 11.1 Å². The van der Waals surface area contributed by atoms with Crippen molar-refractivity contribution in [1.29, 1.82) is 0 Å². The molecule has 0 fully saturated rings. The highest BCUT2D eigenvalue weighted by Gasteiger charge is 2.19. The van der Waals surface area contributed by atoms with Crippen LogP contribution in [0.15, 0.2) is 91.5 Å². The molecule has 0 unspecified atom stereocenters. The fourth-order valence-electron chi connectivity index (χ4n) is 3.92. The molecule has 0 bridgehead atoms. The molecule has 0 aromatic heterocycles. The zero-order chi connectivity index (χ0) is 28.5. The summed E-state index contributed by atoms with van der Waals surface area (Å²) in [5.74, 6) is -3.26. The van der Waals surface area contributed by atoms with Crippen LogP contribution in [0, 0.1) is 17.5 Å². The first-order valence-corrected chi connectivity index (χ1v) is 13.0. The minimum atomic E-state index is -1.27. The van der Waals surface area contributed by atoms with E-state index in [1.807, 2.05) is 0 Å². The molecule has 4 aromatic carbocycles. The Morgan fingerprint density at radius 2 is 1.40 bits per heavy atom. The van der Waals surface area contributed by atoms with Gasteiger partial charge in [-0.25, -0.2) is 13.6 Å². The molecule has 0 heterocycles. The van der Waals surface area contributed by atoms with E-state index in [0.29, 0.717) is 47.8 Å². The van der Waals surface area contributed by atoms with Gasteiger partial charge in [-0.05, 0) is 72.5 Å². The van der Waals surface area contributed by atoms with E-state index in [9.17, 15) is 18.0 Å². The number of esters is 1. The maximum atomic E-state index is 14.9. The molecule has 0 saturated carbocycles. The largest absolute Gasteiger partial charge is 0.494 e. The third kappa shape index (κ3) is 6.91. The van der Waals surface area contributed by atoms with Gasteiger partial charge in [-0.2, -0.15) is 4.39 Å². The van der Waals surface area contributed by atoms with Crippen molar-refractivity contribution in [2.75, 3.05) is 13.2 Å². The molecular weight excluding hydrogens is 517 g/mol. The van der Waals surface area contributed by atoms with Crippen LogP contribution in [-0.2, 0) is 0 Å². The van der Waals surface area contributed by atoms with Crippen LogP contribution in [0.25, 0.3) is 22.3 Å². The van der Waals surface area contributed by atoms with Gasteiger partial charge in [0.1, 0.15) is 17.3 Å². The van der Waals surface area contributed by atoms with Crippen LogP contribution < -0.4 is 14.2 Å². The maximum absolute atomic E-state index is 14.9. The number of rotatable bonds is 12. The quantitative estimate of drug-likeness (QED) is 0.0771. The molecule has 0 saturated heterocycles. The van der Waals surface area contributed by atoms with Gasteiger partial charge in [0.25, 0.3) is 0 Å². The summed E-state index contributed by atoms with van der Waals surface area (Å²) in [6, 6.07) is 19.7. The van der Waals surface area contributed by atoms with E-state index in [4.69, 9.17) is 14.2 Å². The van der Waals surface area contributed by atoms with Crippen LogP contribution in [0.4, 0.5) is 13.2 Å². The lowest BCUT2D eigenvalue weighted by Gasteiger charge is -2.11. The van der Waals surface area contributed by atoms with E-state index in [1.54, 1.807) is 54.6 Å². The molecule has 0 N–H and O–H groups in total. The Morgan fingerprint density at radius 1 is 0.775 bits per heavy atom. The Labute approximate surface area is 231 Å². The van der Waals surface area contributed by atoms with Crippen LogP contribution in [0.2, 0.25) is 0 Å². The van der Waals surface area contributed by atoms with Crippen molar-refractivity contribution in [3.05, 3.63) is 115 Å². The topological polar surface area (TPSA) is 44.8 Å². The third-order valence-electron chi connectivity index (χ3n) is 6.14. The summed E-state index contributed by atoms with van der Waals surface area (Å²) in [6.45, 7) is 6.65. The summed E-state index contributed by atoms with van der Waals surface area (Å²) in [6.07, 6.45) is 4.28. The zero-order valence-electron chi connectivity index (χ0n) is 22.1. The van der Waals surface area contributed by atoms with Crippen molar-refractivity contribution < 1.29 is 32.2 Å². The normalized spacial score (nSPS) is 10.7. The van der Waals surface area contributed by atoms with Crippen molar-refractivity contribution in [2.45, 2.75) is 26.2 Å². The van der Waals surface area contributed by atoms with Crippen molar-refractivity contribution in [3.8, 4) is 39.5 Å². The second-order valence-electron chi connectivity index (χ2n) is 9.00. The fraction of sp³-hybridized carbons (Fsp3) is 0.182. The molecule has 0 atom stereocenters. The van der Waals surface area contributed by atoms with Gasteiger partial charge in [0.2, 0.25) is 5.82 Å². The summed E-state index contributed by atoms with van der Waals surface area (Å²) in [4.78, 5) is 12.6. The number of carbonyl (C=O) groups is 1. The van der Waals surface area contributed by atoms with E-state index in [0.717, 1.165) is 12.8 Å². The maximum Gasteiger partial charge on any atom is 0.343 e. The summed E-state index contributed by atoms with van der Waals surface area (Å²) < 4.78 is 60.6. The molecule has 4 rings (SSSR count). The van der Waals surface area contributed by atoms with Gasteiger partial charge in [-0.15, -0.1) is 6.58 Å². The first-order chi connectivity index (χ1) is 19.4. The Morgan fingerprint density at radius 3 is 2.08 bits per heavy atom. The van der Waals surface area contributed by atoms with Crippen LogP contribution in [0.1, 0.15) is 36.5 Å². The van der Waals surface area contributed by atoms with Gasteiger partial charge in [-0.3, -0.25) is 0 Å². The number of hydrogen-bond acceptors (Lipinski definition) is 4. The average molecular weight is 547 g/mol. The standard InChI is InChI=1S/C33H29F3O4/c1-3-5-19-38-25-13-11-23(12-14-25)28-17-18-30(32(36)31(28)35)40-33(37)24-9-7-22(8-10-24)27-16-15-26(21-29(27)34)39-20-6-4-2/h4,7-18,21H,2-3,5-6,19-20H2,1H3. The summed E-state index contributed by atoms with van der Waals surface area (Å²) in [5, 5.41) is 0. The first-order valence-electron chi connectivity index (χ1n) is 13.0. The van der Waals surface area contributed by atoms with Gasteiger partial charge in [0.15, 0.2) is 11.6 Å². The second kappa shape index (κ2) is 13.5. The van der Waals surface area contributed by atoms with E-state index < -0.39 is 29.2 Å². The smallest absolute Gasteiger partial charge is 0.343 e. The van der Waals surface area contributed by atoms with Gasteiger partial charge >= 0.3 is 5.97 Å². The molecule has 0 spiro atoms. The Hall–Kier alpha value is -4.52. The van der Waals surface area contributed by atoms with Crippen molar-refractivity contribution in [1.82, 2.24) is 0 Å². The van der Waals surface area contributed by atoms with Crippen molar-refractivity contribution >= 4 is 5.97 Å². The van der Waals surface area contributed by atoms with E-state index in [2.05, 4.69) is 13.5 Å². The first kappa shape index (κ1) is 28.5. The number of hydrogen-bond donors (Lipinski definition) is 0. The van der Waals surface area contributed by atoms with Crippen LogP contribution >= 0.6 is 0 Å². The monoisotopic (exact) mass is 546 g/mol. The van der Waals surface area contributed by atoms with Crippen LogP contribution in [0.3, 0.4) is 0 Å². The highest BCUT2D eigenvalue weighted by Crippen LogP contribution is 2.32. The highest BCUT2D eigenvalue weighted by atomic mass is 19.2. The second-order valence-corrected chi connectivity index (χ2v) is 9.00. The number of ether oxygens (including phenoxy) is 3. The van der Waals surface area contributed by atoms with E-state index >= 15 is 0 Å². The number of unbranched alkanes of at least 4 members (excludes halogenated alkanes) is 1. The molecule has 0 aliphatic rings. The number of carbonyl (C=O) groups excluding carboxylic acids is 1. The zero-order valence-corrected chi connectivity index (χ0v) is 22.1. The summed E-state index contributed by atoms with van der Waals surface area (Å²) in [7, 11) is 0. The molecule has 4 aromatic rings. The summed E-state index contributed by atoms with van der Waals surface area (Å²) >= 11 is 0. The van der Waals surface area contributed by atoms with Crippen LogP contribution in [0.5, 0.6) is 17.2 Å². The third-order valence-corrected chi connectivity index (χ3v) is 6.14. The van der Waals surface area contributed by atoms with Gasteiger partial charge < -0.3 is 14.2 Å². The van der Waals surface area contributed by atoms with E-state index in [1.165, 1.54) is 30.3 Å². The Balaban J connectivity index is 1.43. The number of benzene rings is 4. The SMILES string of the molecule is C=CCCOc1ccc(-c2ccc(C(=O)Oc3ccc(-c4ccc(OCCCC)cc4)c(F)c3F)cc2)c(F)c1. The molecule has 0 aliphatic heterocycles. The van der Waals surface area contributed by atoms with Crippen molar-refractivity contribution in [3.63, 3.8) is 0 Å². The average Bonchev–Trinajstić information content (AvgIpc) is 2.96. The molecule has 4 nitrogen and oxygen atoms in total. The van der Waals surface area contributed by atoms with Gasteiger partial charge in [-0.1, -0.05) is 43.7 Å². The molecule has 40 heavy (non-hydrogen) atoms. The number of halogens is 3. The fourth-order valence-corrected chi connectivity index (χ4v) is 3.92. The Kier molecular flexibility index (Phi) is 9.62. The van der Waals surface area contributed by atoms with Crippen molar-refractivity contribution in [2.24, 2.45) is 0 Å². The minimum Gasteiger partial charge on any atom is -0.494 e. The minimum absolute atomic E-state index is 0.0286. The highest BCUT2D eigenvalue weighted by molar-refractivity contribution is 5.91. The lowest BCUT2D eigenvalue weighted by atomic mass is 10.0. The molecule has 7 heteroatoms. The molecule has 0 aliphatic carbocycles. The van der Waals surface area contributed by atoms with Crippen LogP contribution in [-0.4, -0.2) is 19.2 Å². The summed E-state index contributed by atoms with van der Waals surface area (Å²) in [5.41, 5.74) is 1.42. The predicted octanol–water partition coefficient (Wildman–Crippen LogP) is 8.79. The molecule has 0 radical (unpaired) electrons. The van der Waals surface area contributed by atoms with Gasteiger partial charge in [0.05, 0.1) is 18.8 Å². The Bertz CT molecular complexity index is 1460.